The monoisotopic (exact) mass is 376 g/mol. The topological polar surface area (TPSA) is 66.6 Å². The number of hydrogen-bond donors (Lipinski definition) is 1. The molecule has 6 heteroatoms. The van der Waals surface area contributed by atoms with Gasteiger partial charge in [-0.05, 0) is 32.1 Å². The molecule has 2 aliphatic rings. The summed E-state index contributed by atoms with van der Waals surface area (Å²) >= 11 is 0. The van der Waals surface area contributed by atoms with E-state index in [1.165, 1.54) is 18.4 Å². The molecule has 0 spiro atoms. The van der Waals surface area contributed by atoms with Crippen LogP contribution >= 0.6 is 12.4 Å². The van der Waals surface area contributed by atoms with Gasteiger partial charge < -0.3 is 9.63 Å². The van der Waals surface area contributed by atoms with Gasteiger partial charge in [-0.1, -0.05) is 47.8 Å². The molecule has 0 amide bonds. The predicted molar refractivity (Wildman–Crippen MR) is 101 cm³/mol. The SMILES string of the molecule is Cc1ccc(-c2cc(CN3C(C(=O)O)CC4CCCCC43)on2)cc1.Cl. The van der Waals surface area contributed by atoms with E-state index in [1.807, 2.05) is 18.2 Å². The summed E-state index contributed by atoms with van der Waals surface area (Å²) in [5.41, 5.74) is 3.03. The number of likely N-dealkylation sites (tertiary alicyclic amines) is 1. The van der Waals surface area contributed by atoms with Crippen molar-refractivity contribution in [3.63, 3.8) is 0 Å². The maximum atomic E-state index is 11.7. The molecule has 3 unspecified atom stereocenters. The van der Waals surface area contributed by atoms with Crippen LogP contribution in [0.4, 0.5) is 0 Å². The van der Waals surface area contributed by atoms with Crippen LogP contribution in [-0.2, 0) is 11.3 Å². The summed E-state index contributed by atoms with van der Waals surface area (Å²) in [6.45, 7) is 2.58. The number of carboxylic acids is 1. The number of aryl methyl sites for hydroxylation is 1. The molecular formula is C20H25ClN2O3. The van der Waals surface area contributed by atoms with Gasteiger partial charge in [0.2, 0.25) is 0 Å². The molecule has 1 aromatic carbocycles. The van der Waals surface area contributed by atoms with E-state index >= 15 is 0 Å². The highest BCUT2D eigenvalue weighted by molar-refractivity contribution is 5.85. The Morgan fingerprint density at radius 2 is 2.00 bits per heavy atom. The maximum absolute atomic E-state index is 11.7. The van der Waals surface area contributed by atoms with Crippen molar-refractivity contribution < 1.29 is 14.4 Å². The number of carboxylic acid groups (broad SMARTS) is 1. The number of aromatic nitrogens is 1. The third-order valence-corrected chi connectivity index (χ3v) is 5.75. The molecule has 3 atom stereocenters. The first-order valence-corrected chi connectivity index (χ1v) is 9.13. The van der Waals surface area contributed by atoms with Gasteiger partial charge in [-0.25, -0.2) is 0 Å². The van der Waals surface area contributed by atoms with Gasteiger partial charge >= 0.3 is 5.97 Å². The average Bonchev–Trinajstić information content (AvgIpc) is 3.21. The highest BCUT2D eigenvalue weighted by Gasteiger charge is 2.45. The van der Waals surface area contributed by atoms with E-state index in [-0.39, 0.29) is 12.4 Å². The summed E-state index contributed by atoms with van der Waals surface area (Å²) in [7, 11) is 0. The minimum atomic E-state index is -0.715. The summed E-state index contributed by atoms with van der Waals surface area (Å²) in [6.07, 6.45) is 5.42. The van der Waals surface area contributed by atoms with Crippen molar-refractivity contribution in [3.05, 3.63) is 41.7 Å². The van der Waals surface area contributed by atoms with Crippen molar-refractivity contribution in [3.8, 4) is 11.3 Å². The Labute approximate surface area is 159 Å². The molecule has 2 fully saturated rings. The number of rotatable bonds is 4. The minimum Gasteiger partial charge on any atom is -0.480 e. The molecule has 0 bridgehead atoms. The normalized spacial score (nSPS) is 25.5. The molecule has 5 nitrogen and oxygen atoms in total. The Balaban J connectivity index is 0.00000196. The zero-order valence-electron chi connectivity index (χ0n) is 14.9. The van der Waals surface area contributed by atoms with Crippen molar-refractivity contribution in [1.82, 2.24) is 10.1 Å². The van der Waals surface area contributed by atoms with Crippen LogP contribution in [0.3, 0.4) is 0 Å². The second kappa shape index (κ2) is 7.80. The summed E-state index contributed by atoms with van der Waals surface area (Å²) < 4.78 is 5.53. The maximum Gasteiger partial charge on any atom is 0.320 e. The number of aliphatic carboxylic acids is 1. The number of fused-ring (bicyclic) bond motifs is 1. The molecule has 4 rings (SSSR count). The second-order valence-corrected chi connectivity index (χ2v) is 7.42. The van der Waals surface area contributed by atoms with Crippen molar-refractivity contribution in [1.29, 1.82) is 0 Å². The molecular weight excluding hydrogens is 352 g/mol. The summed E-state index contributed by atoms with van der Waals surface area (Å²) in [6, 6.07) is 10.1. The lowest BCUT2D eigenvalue weighted by Crippen LogP contribution is -2.41. The Morgan fingerprint density at radius 3 is 2.73 bits per heavy atom. The van der Waals surface area contributed by atoms with E-state index in [9.17, 15) is 9.90 Å². The quantitative estimate of drug-likeness (QED) is 0.862. The summed E-state index contributed by atoms with van der Waals surface area (Å²) in [5.74, 6) is 0.537. The zero-order chi connectivity index (χ0) is 17.4. The number of hydrogen-bond acceptors (Lipinski definition) is 4. The van der Waals surface area contributed by atoms with Gasteiger partial charge in [0, 0.05) is 17.7 Å². The van der Waals surface area contributed by atoms with Gasteiger partial charge in [0.25, 0.3) is 0 Å². The predicted octanol–water partition coefficient (Wildman–Crippen LogP) is 4.29. The van der Waals surface area contributed by atoms with Gasteiger partial charge in [0.05, 0.1) is 6.54 Å². The van der Waals surface area contributed by atoms with Crippen LogP contribution in [0.5, 0.6) is 0 Å². The summed E-state index contributed by atoms with van der Waals surface area (Å²) in [4.78, 5) is 13.8. The Bertz CT molecular complexity index is 759. The molecule has 0 radical (unpaired) electrons. The molecule has 1 aliphatic carbocycles. The van der Waals surface area contributed by atoms with Crippen molar-refractivity contribution in [2.45, 2.75) is 57.7 Å². The first kappa shape index (κ1) is 18.9. The van der Waals surface area contributed by atoms with E-state index in [1.54, 1.807) is 0 Å². The molecule has 140 valence electrons. The van der Waals surface area contributed by atoms with E-state index < -0.39 is 12.0 Å². The van der Waals surface area contributed by atoms with E-state index in [0.717, 1.165) is 36.3 Å². The average molecular weight is 377 g/mol. The van der Waals surface area contributed by atoms with Crippen LogP contribution < -0.4 is 0 Å². The highest BCUT2D eigenvalue weighted by atomic mass is 35.5. The standard InChI is InChI=1S/C20H24N2O3.ClH/c1-13-6-8-14(9-7-13)17-11-16(25-21-17)12-22-18-5-3-2-4-15(18)10-19(22)20(23)24;/h6-9,11,15,18-19H,2-5,10,12H2,1H3,(H,23,24);1H. The Hall–Kier alpha value is -1.85. The van der Waals surface area contributed by atoms with Crippen molar-refractivity contribution in [2.75, 3.05) is 0 Å². The van der Waals surface area contributed by atoms with Crippen LogP contribution in [-0.4, -0.2) is 33.2 Å². The Morgan fingerprint density at radius 1 is 1.27 bits per heavy atom. The first-order valence-electron chi connectivity index (χ1n) is 9.13. The third kappa shape index (κ3) is 3.64. The lowest BCUT2D eigenvalue weighted by atomic mass is 9.85. The van der Waals surface area contributed by atoms with Crippen LogP contribution in [0.15, 0.2) is 34.9 Å². The molecule has 26 heavy (non-hydrogen) atoms. The van der Waals surface area contributed by atoms with Crippen LogP contribution in [0.25, 0.3) is 11.3 Å². The molecule has 2 heterocycles. The fourth-order valence-electron chi connectivity index (χ4n) is 4.45. The molecule has 2 aromatic rings. The van der Waals surface area contributed by atoms with Gasteiger partial charge in [0.15, 0.2) is 5.76 Å². The van der Waals surface area contributed by atoms with E-state index in [2.05, 4.69) is 29.1 Å². The summed E-state index contributed by atoms with van der Waals surface area (Å²) in [5, 5.41) is 13.8. The molecule has 1 saturated heterocycles. The smallest absolute Gasteiger partial charge is 0.320 e. The minimum absolute atomic E-state index is 0. The molecule has 1 aliphatic heterocycles. The lowest BCUT2D eigenvalue weighted by molar-refractivity contribution is -0.143. The fourth-order valence-corrected chi connectivity index (χ4v) is 4.45. The highest BCUT2D eigenvalue weighted by Crippen LogP contribution is 2.40. The zero-order valence-corrected chi connectivity index (χ0v) is 15.7. The van der Waals surface area contributed by atoms with Crippen LogP contribution in [0, 0.1) is 12.8 Å². The van der Waals surface area contributed by atoms with Gasteiger partial charge in [-0.3, -0.25) is 9.69 Å². The number of carbonyl (C=O) groups is 1. The third-order valence-electron chi connectivity index (χ3n) is 5.75. The van der Waals surface area contributed by atoms with Gasteiger partial charge in [-0.15, -0.1) is 12.4 Å². The molecule has 1 aromatic heterocycles. The lowest BCUT2D eigenvalue weighted by Gasteiger charge is -2.32. The molecule has 1 saturated carbocycles. The first-order chi connectivity index (χ1) is 12.1. The Kier molecular flexibility index (Phi) is 5.68. The largest absolute Gasteiger partial charge is 0.480 e. The van der Waals surface area contributed by atoms with E-state index in [0.29, 0.717) is 18.5 Å². The molecule has 1 N–H and O–H groups in total. The number of halogens is 1. The second-order valence-electron chi connectivity index (χ2n) is 7.42. The van der Waals surface area contributed by atoms with Gasteiger partial charge in [-0.2, -0.15) is 0 Å². The van der Waals surface area contributed by atoms with Crippen molar-refractivity contribution in [2.24, 2.45) is 5.92 Å². The fraction of sp³-hybridized carbons (Fsp3) is 0.500. The van der Waals surface area contributed by atoms with Crippen LogP contribution in [0.1, 0.15) is 43.4 Å². The van der Waals surface area contributed by atoms with E-state index in [4.69, 9.17) is 4.52 Å². The number of benzene rings is 1. The van der Waals surface area contributed by atoms with Crippen molar-refractivity contribution >= 4 is 18.4 Å². The van der Waals surface area contributed by atoms with Crippen LogP contribution in [0.2, 0.25) is 0 Å². The van der Waals surface area contributed by atoms with Gasteiger partial charge in [0.1, 0.15) is 11.7 Å². The number of nitrogens with zero attached hydrogens (tertiary/aromatic N) is 2.